The van der Waals surface area contributed by atoms with Gasteiger partial charge in [0.25, 0.3) is 0 Å². The molecule has 0 aromatic heterocycles. The van der Waals surface area contributed by atoms with Gasteiger partial charge in [-0.25, -0.2) is 8.42 Å². The van der Waals surface area contributed by atoms with Gasteiger partial charge >= 0.3 is 0 Å². The molecule has 0 N–H and O–H groups in total. The van der Waals surface area contributed by atoms with Crippen molar-refractivity contribution in [2.75, 3.05) is 29.6 Å². The Balaban J connectivity index is 2.08. The van der Waals surface area contributed by atoms with Crippen molar-refractivity contribution in [1.82, 2.24) is 0 Å². The van der Waals surface area contributed by atoms with Gasteiger partial charge in [-0.05, 0) is 36.2 Å². The molecule has 2 aliphatic heterocycles. The maximum atomic E-state index is 12.2. The number of nitrogens with zero attached hydrogens (tertiary/aromatic N) is 2. The quantitative estimate of drug-likeness (QED) is 0.559. The molecule has 0 bridgehead atoms. The molecule has 0 radical (unpaired) electrons. The van der Waals surface area contributed by atoms with Gasteiger partial charge < -0.3 is 14.4 Å². The molecule has 2 saturated heterocycles. The number of rotatable bonds is 7. The van der Waals surface area contributed by atoms with Crippen molar-refractivity contribution in [2.24, 2.45) is 4.99 Å². The Labute approximate surface area is 184 Å². The molecule has 2 fully saturated rings. The van der Waals surface area contributed by atoms with Crippen LogP contribution in [0.5, 0.6) is 11.5 Å². The first-order valence-electron chi connectivity index (χ1n) is 9.66. The van der Waals surface area contributed by atoms with E-state index in [0.29, 0.717) is 42.7 Å². The van der Waals surface area contributed by atoms with Gasteiger partial charge in [0.05, 0.1) is 36.4 Å². The van der Waals surface area contributed by atoms with E-state index in [1.54, 1.807) is 0 Å². The number of benzene rings is 1. The van der Waals surface area contributed by atoms with Gasteiger partial charge in [0.1, 0.15) is 0 Å². The third-order valence-electron chi connectivity index (χ3n) is 4.62. The fourth-order valence-electron chi connectivity index (χ4n) is 3.47. The van der Waals surface area contributed by atoms with Crippen LogP contribution in [0.15, 0.2) is 21.6 Å². The lowest BCUT2D eigenvalue weighted by atomic mass is 10.2. The van der Waals surface area contributed by atoms with E-state index in [9.17, 15) is 13.2 Å². The zero-order chi connectivity index (χ0) is 21.2. The topological polar surface area (TPSA) is 85.3 Å². The number of amides is 1. The Bertz CT molecular complexity index is 919. The Hall–Kier alpha value is -1.26. The zero-order valence-corrected chi connectivity index (χ0v) is 19.9. The van der Waals surface area contributed by atoms with Crippen LogP contribution in [0.4, 0.5) is 5.69 Å². The SMILES string of the molecule is CCCC(=O)N=C1S[C@H]2CS(=O)(=O)C[C@H]2N1c1cc(OCC)c(OCC)cc1Br. The minimum atomic E-state index is -3.13. The average molecular weight is 505 g/mol. The highest BCUT2D eigenvalue weighted by Gasteiger charge is 2.50. The van der Waals surface area contributed by atoms with E-state index in [1.165, 1.54) is 11.8 Å². The van der Waals surface area contributed by atoms with Gasteiger partial charge in [0.15, 0.2) is 26.5 Å². The number of thioether (sulfide) groups is 1. The number of halogens is 1. The fourth-order valence-corrected chi connectivity index (χ4v) is 7.91. The lowest BCUT2D eigenvalue weighted by molar-refractivity contribution is -0.117. The molecule has 1 aromatic carbocycles. The zero-order valence-electron chi connectivity index (χ0n) is 16.7. The molecule has 29 heavy (non-hydrogen) atoms. The molecule has 2 atom stereocenters. The molecule has 2 aliphatic rings. The minimum Gasteiger partial charge on any atom is -0.490 e. The first-order valence-corrected chi connectivity index (χ1v) is 13.2. The Morgan fingerprint density at radius 1 is 1.21 bits per heavy atom. The van der Waals surface area contributed by atoms with Crippen LogP contribution < -0.4 is 14.4 Å². The van der Waals surface area contributed by atoms with Crippen LogP contribution in [0.2, 0.25) is 0 Å². The molecule has 160 valence electrons. The van der Waals surface area contributed by atoms with E-state index >= 15 is 0 Å². The molecule has 2 heterocycles. The summed E-state index contributed by atoms with van der Waals surface area (Å²) in [7, 11) is -3.13. The van der Waals surface area contributed by atoms with Crippen LogP contribution in [0.25, 0.3) is 0 Å². The van der Waals surface area contributed by atoms with Gasteiger partial charge in [-0.1, -0.05) is 18.7 Å². The van der Waals surface area contributed by atoms with Crippen LogP contribution >= 0.6 is 27.7 Å². The van der Waals surface area contributed by atoms with E-state index in [4.69, 9.17) is 9.47 Å². The van der Waals surface area contributed by atoms with Gasteiger partial charge in [-0.15, -0.1) is 0 Å². The van der Waals surface area contributed by atoms with Crippen molar-refractivity contribution in [3.05, 3.63) is 16.6 Å². The van der Waals surface area contributed by atoms with Crippen LogP contribution in [-0.4, -0.2) is 55.5 Å². The van der Waals surface area contributed by atoms with Crippen molar-refractivity contribution in [3.8, 4) is 11.5 Å². The van der Waals surface area contributed by atoms with Crippen LogP contribution in [0.1, 0.15) is 33.6 Å². The summed E-state index contributed by atoms with van der Waals surface area (Å²) in [5, 5.41) is 0.392. The number of carbonyl (C=O) groups is 1. The molecule has 3 rings (SSSR count). The largest absolute Gasteiger partial charge is 0.490 e. The van der Waals surface area contributed by atoms with E-state index in [1.807, 2.05) is 37.8 Å². The van der Waals surface area contributed by atoms with Crippen molar-refractivity contribution >= 4 is 54.3 Å². The van der Waals surface area contributed by atoms with Crippen molar-refractivity contribution in [3.63, 3.8) is 0 Å². The van der Waals surface area contributed by atoms with Gasteiger partial charge in [0, 0.05) is 28.3 Å². The summed E-state index contributed by atoms with van der Waals surface area (Å²) in [6, 6.07) is 3.37. The number of aliphatic imine (C=N–C) groups is 1. The molecule has 1 aromatic rings. The molecular weight excluding hydrogens is 480 g/mol. The number of carbonyl (C=O) groups excluding carboxylic acids is 1. The molecule has 0 unspecified atom stereocenters. The normalized spacial score (nSPS) is 24.0. The lowest BCUT2D eigenvalue weighted by Crippen LogP contribution is -2.38. The second kappa shape index (κ2) is 9.26. The fraction of sp³-hybridized carbons (Fsp3) is 0.579. The number of amidine groups is 1. The molecule has 0 saturated carbocycles. The Kier molecular flexibility index (Phi) is 7.16. The van der Waals surface area contributed by atoms with Gasteiger partial charge in [-0.3, -0.25) is 4.79 Å². The van der Waals surface area contributed by atoms with Crippen molar-refractivity contribution in [2.45, 2.75) is 44.9 Å². The van der Waals surface area contributed by atoms with E-state index in [-0.39, 0.29) is 28.7 Å². The Morgan fingerprint density at radius 3 is 2.48 bits per heavy atom. The highest BCUT2D eigenvalue weighted by atomic mass is 79.9. The third-order valence-corrected chi connectivity index (χ3v) is 8.47. The molecule has 7 nitrogen and oxygen atoms in total. The molecule has 10 heteroatoms. The second-order valence-corrected chi connectivity index (χ2v) is 11.0. The number of sulfone groups is 1. The van der Waals surface area contributed by atoms with E-state index < -0.39 is 9.84 Å². The maximum Gasteiger partial charge on any atom is 0.248 e. The van der Waals surface area contributed by atoms with Gasteiger partial charge in [-0.2, -0.15) is 4.99 Å². The van der Waals surface area contributed by atoms with Crippen LogP contribution in [-0.2, 0) is 14.6 Å². The highest BCUT2D eigenvalue weighted by Crippen LogP contribution is 2.46. The predicted molar refractivity (Wildman–Crippen MR) is 120 cm³/mol. The minimum absolute atomic E-state index is 0.0370. The van der Waals surface area contributed by atoms with Crippen molar-refractivity contribution in [1.29, 1.82) is 0 Å². The third kappa shape index (κ3) is 4.91. The van der Waals surface area contributed by atoms with E-state index in [2.05, 4.69) is 20.9 Å². The summed E-state index contributed by atoms with van der Waals surface area (Å²) in [5.41, 5.74) is 0.719. The summed E-state index contributed by atoms with van der Waals surface area (Å²) < 4.78 is 36.6. The Morgan fingerprint density at radius 2 is 1.86 bits per heavy atom. The molecule has 0 spiro atoms. The van der Waals surface area contributed by atoms with Crippen LogP contribution in [0.3, 0.4) is 0 Å². The second-order valence-electron chi connectivity index (χ2n) is 6.83. The number of hydrogen-bond donors (Lipinski definition) is 0. The number of fused-ring (bicyclic) bond motifs is 1. The molecule has 0 aliphatic carbocycles. The maximum absolute atomic E-state index is 12.2. The molecular formula is C19H25BrN2O5S2. The summed E-state index contributed by atoms with van der Waals surface area (Å²) in [6.45, 7) is 6.67. The summed E-state index contributed by atoms with van der Waals surface area (Å²) in [6.07, 6.45) is 1.07. The lowest BCUT2D eigenvalue weighted by Gasteiger charge is -2.27. The highest BCUT2D eigenvalue weighted by molar-refractivity contribution is 9.10. The summed E-state index contributed by atoms with van der Waals surface area (Å²) in [4.78, 5) is 18.4. The van der Waals surface area contributed by atoms with Crippen molar-refractivity contribution < 1.29 is 22.7 Å². The van der Waals surface area contributed by atoms with Crippen LogP contribution in [0, 0.1) is 0 Å². The number of ether oxygens (including phenoxy) is 2. The number of anilines is 1. The first-order chi connectivity index (χ1) is 13.8. The monoisotopic (exact) mass is 504 g/mol. The van der Waals surface area contributed by atoms with E-state index in [0.717, 1.165) is 10.2 Å². The van der Waals surface area contributed by atoms with Gasteiger partial charge in [0.2, 0.25) is 5.91 Å². The summed E-state index contributed by atoms with van der Waals surface area (Å²) >= 11 is 4.95. The smallest absolute Gasteiger partial charge is 0.248 e. The number of hydrogen-bond acceptors (Lipinski definition) is 6. The standard InChI is InChI=1S/C19H25BrN2O5S2/c1-4-7-18(23)21-19-22(14-10-29(24,25)11-17(14)28-19)13-9-16(27-6-3)15(26-5-2)8-12(13)20/h8-9,14,17H,4-7,10-11H2,1-3H3/t14-,17+/m1/s1. The first kappa shape index (κ1) is 22.4. The molecule has 1 amide bonds. The summed E-state index contributed by atoms with van der Waals surface area (Å²) in [5.74, 6) is 1.10. The average Bonchev–Trinajstić information content (AvgIpc) is 3.09. The predicted octanol–water partition coefficient (Wildman–Crippen LogP) is 3.65.